The molecule has 0 aliphatic rings. The molecule has 0 atom stereocenters. The van der Waals surface area contributed by atoms with Gasteiger partial charge in [-0.1, -0.05) is 6.07 Å². The van der Waals surface area contributed by atoms with Crippen molar-refractivity contribution in [2.75, 3.05) is 17.2 Å². The van der Waals surface area contributed by atoms with Crippen LogP contribution in [0.2, 0.25) is 0 Å². The Morgan fingerprint density at radius 3 is 2.81 bits per heavy atom. The molecule has 0 saturated carbocycles. The predicted octanol–water partition coefficient (Wildman–Crippen LogP) is 2.10. The third kappa shape index (κ3) is 3.97. The molecule has 0 bridgehead atoms. The van der Waals surface area contributed by atoms with E-state index in [1.807, 2.05) is 6.07 Å². The summed E-state index contributed by atoms with van der Waals surface area (Å²) in [7, 11) is -3.42. The fourth-order valence-electron chi connectivity index (χ4n) is 1.65. The maximum absolute atomic E-state index is 12.2. The number of nitrogens with two attached hydrogens (primary N) is 1. The van der Waals surface area contributed by atoms with Crippen molar-refractivity contribution >= 4 is 27.3 Å². The van der Waals surface area contributed by atoms with Gasteiger partial charge in [0.25, 0.3) is 0 Å². The zero-order valence-electron chi connectivity index (χ0n) is 11.1. The number of rotatable bonds is 5. The molecule has 0 saturated heterocycles. The standard InChI is InChI=1S/C14H13N3O2S2/c15-10-11-3-1-4-12(9-11)21(18,19)8-7-20-14-13(16)5-2-6-17-14/h1-6,9H,7-8,16H2. The molecular formula is C14H13N3O2S2. The van der Waals surface area contributed by atoms with Crippen LogP contribution >= 0.6 is 11.8 Å². The number of pyridine rings is 1. The van der Waals surface area contributed by atoms with Crippen molar-refractivity contribution in [3.05, 3.63) is 48.2 Å². The van der Waals surface area contributed by atoms with Gasteiger partial charge in [-0.15, -0.1) is 11.8 Å². The van der Waals surface area contributed by atoms with Gasteiger partial charge in [-0.25, -0.2) is 13.4 Å². The summed E-state index contributed by atoms with van der Waals surface area (Å²) < 4.78 is 24.4. The van der Waals surface area contributed by atoms with E-state index in [-0.39, 0.29) is 10.6 Å². The molecule has 1 heterocycles. The quantitative estimate of drug-likeness (QED) is 0.848. The van der Waals surface area contributed by atoms with Gasteiger partial charge in [0.2, 0.25) is 0 Å². The predicted molar refractivity (Wildman–Crippen MR) is 82.6 cm³/mol. The van der Waals surface area contributed by atoms with Crippen molar-refractivity contribution in [2.45, 2.75) is 9.92 Å². The molecule has 0 aliphatic heterocycles. The molecule has 2 rings (SSSR count). The van der Waals surface area contributed by atoms with Crippen LogP contribution in [0.1, 0.15) is 5.56 Å². The Hall–Kier alpha value is -2.04. The van der Waals surface area contributed by atoms with Gasteiger partial charge < -0.3 is 5.73 Å². The van der Waals surface area contributed by atoms with Gasteiger partial charge in [0.05, 0.1) is 28.0 Å². The fraction of sp³-hybridized carbons (Fsp3) is 0.143. The lowest BCUT2D eigenvalue weighted by Crippen LogP contribution is -2.09. The molecule has 0 unspecified atom stereocenters. The van der Waals surface area contributed by atoms with E-state index in [1.54, 1.807) is 30.5 Å². The molecule has 2 N–H and O–H groups in total. The van der Waals surface area contributed by atoms with Gasteiger partial charge in [0, 0.05) is 11.9 Å². The first-order valence-electron chi connectivity index (χ1n) is 6.09. The minimum absolute atomic E-state index is 0.0391. The van der Waals surface area contributed by atoms with Crippen molar-refractivity contribution in [3.8, 4) is 6.07 Å². The summed E-state index contributed by atoms with van der Waals surface area (Å²) in [5.74, 6) is 0.308. The van der Waals surface area contributed by atoms with E-state index in [0.29, 0.717) is 22.0 Å². The number of nitrogens with zero attached hydrogens (tertiary/aromatic N) is 2. The monoisotopic (exact) mass is 319 g/mol. The number of anilines is 1. The highest BCUT2D eigenvalue weighted by Gasteiger charge is 2.15. The number of aromatic nitrogens is 1. The summed E-state index contributed by atoms with van der Waals surface area (Å²) in [4.78, 5) is 4.26. The van der Waals surface area contributed by atoms with Crippen molar-refractivity contribution in [3.63, 3.8) is 0 Å². The molecule has 2 aromatic rings. The number of hydrogen-bond donors (Lipinski definition) is 1. The Morgan fingerprint density at radius 2 is 2.10 bits per heavy atom. The van der Waals surface area contributed by atoms with Crippen LogP contribution in [0, 0.1) is 11.3 Å². The lowest BCUT2D eigenvalue weighted by Gasteiger charge is -2.06. The minimum atomic E-state index is -3.42. The number of benzene rings is 1. The van der Waals surface area contributed by atoms with Crippen LogP contribution in [0.15, 0.2) is 52.5 Å². The zero-order chi connectivity index (χ0) is 15.3. The second-order valence-electron chi connectivity index (χ2n) is 4.20. The van der Waals surface area contributed by atoms with E-state index in [4.69, 9.17) is 11.0 Å². The molecule has 0 fully saturated rings. The highest BCUT2D eigenvalue weighted by molar-refractivity contribution is 8.00. The summed E-state index contributed by atoms with van der Waals surface area (Å²) in [5, 5.41) is 9.44. The van der Waals surface area contributed by atoms with E-state index in [2.05, 4.69) is 4.98 Å². The van der Waals surface area contributed by atoms with Crippen molar-refractivity contribution in [2.24, 2.45) is 0 Å². The number of sulfone groups is 1. The molecule has 1 aromatic carbocycles. The van der Waals surface area contributed by atoms with Crippen molar-refractivity contribution < 1.29 is 8.42 Å². The minimum Gasteiger partial charge on any atom is -0.397 e. The highest BCUT2D eigenvalue weighted by atomic mass is 32.2. The first-order valence-corrected chi connectivity index (χ1v) is 8.73. The average molecular weight is 319 g/mol. The highest BCUT2D eigenvalue weighted by Crippen LogP contribution is 2.23. The van der Waals surface area contributed by atoms with Gasteiger partial charge in [0.15, 0.2) is 9.84 Å². The van der Waals surface area contributed by atoms with Crippen LogP contribution in [0.5, 0.6) is 0 Å². The Balaban J connectivity index is 2.05. The summed E-state index contributed by atoms with van der Waals surface area (Å²) in [5.41, 5.74) is 6.62. The van der Waals surface area contributed by atoms with Gasteiger partial charge in [0.1, 0.15) is 5.03 Å². The third-order valence-corrected chi connectivity index (χ3v) is 5.71. The summed E-state index contributed by atoms with van der Waals surface area (Å²) in [6.07, 6.45) is 1.61. The van der Waals surface area contributed by atoms with Gasteiger partial charge >= 0.3 is 0 Å². The molecule has 1 aromatic heterocycles. The molecule has 0 aliphatic carbocycles. The Morgan fingerprint density at radius 1 is 1.29 bits per heavy atom. The summed E-state index contributed by atoms with van der Waals surface area (Å²) >= 11 is 1.30. The second kappa shape index (κ2) is 6.61. The van der Waals surface area contributed by atoms with Gasteiger partial charge in [-0.05, 0) is 30.3 Å². The smallest absolute Gasteiger partial charge is 0.179 e. The molecule has 0 amide bonds. The Kier molecular flexibility index (Phi) is 4.83. The SMILES string of the molecule is N#Cc1cccc(S(=O)(=O)CCSc2ncccc2N)c1. The van der Waals surface area contributed by atoms with E-state index >= 15 is 0 Å². The van der Waals surface area contributed by atoms with Crippen LogP contribution in [-0.2, 0) is 9.84 Å². The molecule has 21 heavy (non-hydrogen) atoms. The van der Waals surface area contributed by atoms with Crippen molar-refractivity contribution in [1.29, 1.82) is 5.26 Å². The van der Waals surface area contributed by atoms with E-state index in [9.17, 15) is 8.42 Å². The zero-order valence-corrected chi connectivity index (χ0v) is 12.7. The Labute approximate surface area is 127 Å². The maximum Gasteiger partial charge on any atom is 0.179 e. The lowest BCUT2D eigenvalue weighted by molar-refractivity contribution is 0.597. The van der Waals surface area contributed by atoms with Crippen LogP contribution in [0.3, 0.4) is 0 Å². The third-order valence-electron chi connectivity index (χ3n) is 2.71. The van der Waals surface area contributed by atoms with Crippen LogP contribution < -0.4 is 5.73 Å². The molecule has 0 radical (unpaired) electrons. The molecular weight excluding hydrogens is 306 g/mol. The molecule has 108 valence electrons. The summed E-state index contributed by atoms with van der Waals surface area (Å²) in [6, 6.07) is 11.4. The van der Waals surface area contributed by atoms with Crippen LogP contribution in [0.4, 0.5) is 5.69 Å². The van der Waals surface area contributed by atoms with E-state index in [0.717, 1.165) is 0 Å². The topological polar surface area (TPSA) is 96.8 Å². The first kappa shape index (κ1) is 15.4. The number of hydrogen-bond acceptors (Lipinski definition) is 6. The Bertz CT molecular complexity index is 783. The van der Waals surface area contributed by atoms with Gasteiger partial charge in [-0.3, -0.25) is 0 Å². The fourth-order valence-corrected chi connectivity index (χ4v) is 4.25. The molecule has 0 spiro atoms. The number of thioether (sulfide) groups is 1. The normalized spacial score (nSPS) is 11.0. The van der Waals surface area contributed by atoms with Crippen molar-refractivity contribution in [1.82, 2.24) is 4.98 Å². The number of nitrogen functional groups attached to an aromatic ring is 1. The molecule has 7 heteroatoms. The van der Waals surface area contributed by atoms with E-state index in [1.165, 1.54) is 23.9 Å². The molecule has 5 nitrogen and oxygen atoms in total. The summed E-state index contributed by atoms with van der Waals surface area (Å²) in [6.45, 7) is 0. The van der Waals surface area contributed by atoms with Gasteiger partial charge in [-0.2, -0.15) is 5.26 Å². The maximum atomic E-state index is 12.2. The largest absolute Gasteiger partial charge is 0.397 e. The average Bonchev–Trinajstić information content (AvgIpc) is 2.49. The van der Waals surface area contributed by atoms with Crippen LogP contribution in [-0.4, -0.2) is 24.9 Å². The van der Waals surface area contributed by atoms with E-state index < -0.39 is 9.84 Å². The van der Waals surface area contributed by atoms with Crippen LogP contribution in [0.25, 0.3) is 0 Å². The first-order chi connectivity index (χ1) is 10.0. The second-order valence-corrected chi connectivity index (χ2v) is 7.40. The lowest BCUT2D eigenvalue weighted by atomic mass is 10.2. The number of nitriles is 1.